The number of nitrogens with zero attached hydrogens (tertiary/aromatic N) is 4. The first kappa shape index (κ1) is 42.1. The van der Waals surface area contributed by atoms with Gasteiger partial charge in [0.05, 0.1) is 32.1 Å². The molecule has 0 saturated carbocycles. The fraction of sp³-hybridized carbons (Fsp3) is 0.581. The standard InChI is InChI=1S/C27H33F6N5O4.C4H6O6/c28-19-15-21(30)20(29)13-17(19)12-18(34)14-23(39)37-5-6-38-22(16-37)24(35-26(38)27(31,32)33)25(40)42-9-3-1-2-4-36-7-10-41-11-8-36;5-1(3(7)8)2(6)4(9)10/h13,15,18H,1-12,14,16,34H2;1-2,5-6H,(H,7,8)(H,9,10)/t18-;1-,2-/m11/s1. The topological polar surface area (TPSA) is 218 Å². The van der Waals surface area contributed by atoms with Crippen LogP contribution < -0.4 is 5.73 Å². The normalized spacial score (nSPS) is 16.6. The number of aromatic nitrogens is 2. The quantitative estimate of drug-likeness (QED) is 0.0793. The Hall–Kier alpha value is -4.31. The molecule has 15 nitrogen and oxygen atoms in total. The number of morpholine rings is 1. The van der Waals surface area contributed by atoms with Gasteiger partial charge in [-0.15, -0.1) is 0 Å². The molecule has 6 N–H and O–H groups in total. The van der Waals surface area contributed by atoms with Gasteiger partial charge in [-0.05, 0) is 43.9 Å². The molecule has 290 valence electrons. The van der Waals surface area contributed by atoms with Crippen molar-refractivity contribution in [1.29, 1.82) is 0 Å². The Kier molecular flexibility index (Phi) is 15.4. The molecule has 0 radical (unpaired) electrons. The lowest BCUT2D eigenvalue weighted by atomic mass is 10.0. The van der Waals surface area contributed by atoms with Gasteiger partial charge in [-0.25, -0.2) is 32.5 Å². The highest BCUT2D eigenvalue weighted by Crippen LogP contribution is 2.33. The third kappa shape index (κ3) is 11.9. The van der Waals surface area contributed by atoms with Crippen LogP contribution in [0.25, 0.3) is 0 Å². The van der Waals surface area contributed by atoms with Crippen molar-refractivity contribution in [3.05, 3.63) is 52.4 Å². The van der Waals surface area contributed by atoms with Crippen molar-refractivity contribution in [2.24, 2.45) is 5.73 Å². The molecule has 52 heavy (non-hydrogen) atoms. The van der Waals surface area contributed by atoms with E-state index in [0.717, 1.165) is 37.0 Å². The van der Waals surface area contributed by atoms with Gasteiger partial charge in [-0.3, -0.25) is 9.69 Å². The first-order valence-corrected chi connectivity index (χ1v) is 16.0. The van der Waals surface area contributed by atoms with Gasteiger partial charge in [0.1, 0.15) is 5.82 Å². The largest absolute Gasteiger partial charge is 0.479 e. The SMILES string of the molecule is N[C@@H](CC(=O)N1CCn2c(C(F)(F)F)nc(C(=O)OCCCCCN3CCOCC3)c2C1)Cc1cc(F)c(F)cc1F.O=C(O)[C@H](O)[C@@H](O)C(=O)O. The molecule has 3 heterocycles. The van der Waals surface area contributed by atoms with E-state index < -0.39 is 77.2 Å². The van der Waals surface area contributed by atoms with Crippen molar-refractivity contribution in [2.45, 2.75) is 69.6 Å². The molecule has 0 unspecified atom stereocenters. The minimum Gasteiger partial charge on any atom is -0.479 e. The number of imidazole rings is 1. The molecule has 3 atom stereocenters. The van der Waals surface area contributed by atoms with Crippen molar-refractivity contribution < 1.29 is 75.4 Å². The highest BCUT2D eigenvalue weighted by molar-refractivity contribution is 5.89. The minimum atomic E-state index is -4.84. The van der Waals surface area contributed by atoms with E-state index in [9.17, 15) is 45.5 Å². The number of halogens is 6. The summed E-state index contributed by atoms with van der Waals surface area (Å²) in [4.78, 5) is 52.3. The maximum Gasteiger partial charge on any atom is 0.449 e. The summed E-state index contributed by atoms with van der Waals surface area (Å²) >= 11 is 0. The number of alkyl halides is 3. The van der Waals surface area contributed by atoms with Crippen LogP contribution in [0.1, 0.15) is 53.3 Å². The summed E-state index contributed by atoms with van der Waals surface area (Å²) in [5.41, 5.74) is 5.12. The van der Waals surface area contributed by atoms with E-state index in [1.54, 1.807) is 0 Å². The van der Waals surface area contributed by atoms with E-state index >= 15 is 0 Å². The average Bonchev–Trinajstić information content (AvgIpc) is 3.48. The van der Waals surface area contributed by atoms with Gasteiger partial charge in [-0.2, -0.15) is 13.2 Å². The Morgan fingerprint density at radius 3 is 2.12 bits per heavy atom. The maximum atomic E-state index is 14.0. The molecule has 1 aromatic carbocycles. The Balaban J connectivity index is 0.000000636. The zero-order chi connectivity index (χ0) is 38.7. The van der Waals surface area contributed by atoms with Gasteiger partial charge in [0, 0.05) is 44.7 Å². The molecule has 1 amide bonds. The fourth-order valence-corrected chi connectivity index (χ4v) is 5.33. The predicted octanol–water partition coefficient (Wildman–Crippen LogP) is 1.16. The number of unbranched alkanes of at least 4 members (excludes halogenated alkanes) is 2. The molecule has 4 rings (SSSR count). The highest BCUT2D eigenvalue weighted by atomic mass is 19.4. The molecule has 2 aliphatic rings. The smallest absolute Gasteiger partial charge is 0.449 e. The Morgan fingerprint density at radius 2 is 1.52 bits per heavy atom. The predicted molar refractivity (Wildman–Crippen MR) is 164 cm³/mol. The van der Waals surface area contributed by atoms with Gasteiger partial charge in [-0.1, -0.05) is 0 Å². The van der Waals surface area contributed by atoms with Crippen LogP contribution in [-0.2, 0) is 49.5 Å². The lowest BCUT2D eigenvalue weighted by Crippen LogP contribution is -2.42. The number of aliphatic hydroxyl groups excluding tert-OH is 2. The molecular weight excluding hydrogens is 716 g/mol. The van der Waals surface area contributed by atoms with Gasteiger partial charge in [0.2, 0.25) is 11.7 Å². The zero-order valence-corrected chi connectivity index (χ0v) is 27.7. The summed E-state index contributed by atoms with van der Waals surface area (Å²) in [7, 11) is 0. The molecule has 1 aromatic heterocycles. The van der Waals surface area contributed by atoms with Crippen LogP contribution in [0.5, 0.6) is 0 Å². The number of amides is 1. The van der Waals surface area contributed by atoms with Crippen LogP contribution in [0.3, 0.4) is 0 Å². The molecule has 2 aromatic rings. The van der Waals surface area contributed by atoms with Crippen LogP contribution in [0.4, 0.5) is 26.3 Å². The third-order valence-corrected chi connectivity index (χ3v) is 8.08. The van der Waals surface area contributed by atoms with Crippen molar-refractivity contribution in [1.82, 2.24) is 19.4 Å². The monoisotopic (exact) mass is 755 g/mol. The molecule has 0 bridgehead atoms. The number of carbonyl (C=O) groups is 4. The van der Waals surface area contributed by atoms with Crippen LogP contribution >= 0.6 is 0 Å². The van der Waals surface area contributed by atoms with Gasteiger partial charge < -0.3 is 45.1 Å². The second-order valence-corrected chi connectivity index (χ2v) is 11.9. The van der Waals surface area contributed by atoms with Gasteiger partial charge in [0.25, 0.3) is 0 Å². The van der Waals surface area contributed by atoms with E-state index in [4.69, 9.17) is 35.6 Å². The number of benzene rings is 1. The molecule has 0 spiro atoms. The first-order valence-electron chi connectivity index (χ1n) is 16.0. The average molecular weight is 756 g/mol. The Labute approximate surface area is 292 Å². The van der Waals surface area contributed by atoms with E-state index in [1.165, 1.54) is 4.90 Å². The number of carbonyl (C=O) groups excluding carboxylic acids is 2. The Bertz CT molecular complexity index is 1550. The summed E-state index contributed by atoms with van der Waals surface area (Å²) in [5.74, 6) is -10.0. The number of hydrogen-bond donors (Lipinski definition) is 5. The number of aliphatic hydroxyl groups is 2. The second-order valence-electron chi connectivity index (χ2n) is 11.9. The summed E-state index contributed by atoms with van der Waals surface area (Å²) in [6.45, 7) is 3.26. The number of fused-ring (bicyclic) bond motifs is 1. The van der Waals surface area contributed by atoms with E-state index in [2.05, 4.69) is 9.88 Å². The maximum absolute atomic E-state index is 14.0. The van der Waals surface area contributed by atoms with Gasteiger partial charge >= 0.3 is 24.1 Å². The van der Waals surface area contributed by atoms with Crippen molar-refractivity contribution in [2.75, 3.05) is 46.0 Å². The number of nitrogens with two attached hydrogens (primary N) is 1. The number of hydrogen-bond acceptors (Lipinski definition) is 11. The number of esters is 1. The second kappa shape index (κ2) is 19.0. The molecule has 0 aliphatic carbocycles. The summed E-state index contributed by atoms with van der Waals surface area (Å²) in [5, 5.41) is 32.5. The summed E-state index contributed by atoms with van der Waals surface area (Å²) in [6.07, 6.45) is -7.83. The highest BCUT2D eigenvalue weighted by Gasteiger charge is 2.42. The van der Waals surface area contributed by atoms with Crippen molar-refractivity contribution in [3.63, 3.8) is 0 Å². The Morgan fingerprint density at radius 1 is 0.904 bits per heavy atom. The van der Waals surface area contributed by atoms with Gasteiger partial charge in [0.15, 0.2) is 29.5 Å². The van der Waals surface area contributed by atoms with Crippen LogP contribution in [-0.4, -0.2) is 128 Å². The van der Waals surface area contributed by atoms with E-state index in [-0.39, 0.29) is 50.3 Å². The van der Waals surface area contributed by atoms with Crippen molar-refractivity contribution in [3.8, 4) is 0 Å². The number of ether oxygens (including phenoxy) is 2. The zero-order valence-electron chi connectivity index (χ0n) is 27.7. The molecule has 21 heteroatoms. The third-order valence-electron chi connectivity index (χ3n) is 8.08. The minimum absolute atomic E-state index is 0.00757. The van der Waals surface area contributed by atoms with Crippen LogP contribution in [0.15, 0.2) is 12.1 Å². The number of carboxylic acids is 2. The number of rotatable bonds is 14. The summed E-state index contributed by atoms with van der Waals surface area (Å²) < 4.78 is 93.2. The van der Waals surface area contributed by atoms with Crippen LogP contribution in [0.2, 0.25) is 0 Å². The van der Waals surface area contributed by atoms with Crippen LogP contribution in [0, 0.1) is 17.5 Å². The molecule has 1 saturated heterocycles. The fourth-order valence-electron chi connectivity index (χ4n) is 5.33. The lowest BCUT2D eigenvalue weighted by Gasteiger charge is -2.30. The summed E-state index contributed by atoms with van der Waals surface area (Å²) in [6, 6.07) is 0.0620. The number of aliphatic carboxylic acids is 2. The van der Waals surface area contributed by atoms with E-state index in [0.29, 0.717) is 31.8 Å². The first-order chi connectivity index (χ1) is 24.4. The molecule has 1 fully saturated rings. The van der Waals surface area contributed by atoms with E-state index in [1.807, 2.05) is 0 Å². The number of carboxylic acid groups (broad SMARTS) is 2. The van der Waals surface area contributed by atoms with Crippen molar-refractivity contribution >= 4 is 23.8 Å². The lowest BCUT2D eigenvalue weighted by molar-refractivity contribution is -0.165. The molecule has 2 aliphatic heterocycles. The molecular formula is C31H39F6N5O10.